The van der Waals surface area contributed by atoms with Crippen molar-refractivity contribution < 1.29 is 14.3 Å². The molecule has 0 aliphatic rings. The highest BCUT2D eigenvalue weighted by Gasteiger charge is 1.98. The van der Waals surface area contributed by atoms with Crippen LogP contribution in [0.3, 0.4) is 0 Å². The first kappa shape index (κ1) is 11.4. The summed E-state index contributed by atoms with van der Waals surface area (Å²) < 4.78 is 9.99. The number of esters is 1. The van der Waals surface area contributed by atoms with Gasteiger partial charge in [-0.2, -0.15) is 0 Å². The normalized spacial score (nSPS) is 9.83. The Morgan fingerprint density at radius 3 is 2.58 bits per heavy atom. The number of rotatable bonds is 7. The minimum atomic E-state index is -0.103. The molecule has 3 nitrogen and oxygen atoms in total. The van der Waals surface area contributed by atoms with Crippen LogP contribution in [0.4, 0.5) is 0 Å². The quantitative estimate of drug-likeness (QED) is 0.436. The third-order valence-electron chi connectivity index (χ3n) is 1.35. The molecule has 0 saturated heterocycles. The maximum atomic E-state index is 10.8. The summed E-state index contributed by atoms with van der Waals surface area (Å²) in [4.78, 5) is 10.8. The Bertz CT molecular complexity index is 112. The van der Waals surface area contributed by atoms with Crippen LogP contribution in [0.2, 0.25) is 0 Å². The van der Waals surface area contributed by atoms with E-state index >= 15 is 0 Å². The lowest BCUT2D eigenvalue weighted by atomic mass is 10.3. The molecular weight excluding hydrogens is 156 g/mol. The molecule has 3 heteroatoms. The zero-order chi connectivity index (χ0) is 9.23. The minimum Gasteiger partial charge on any atom is -0.466 e. The van der Waals surface area contributed by atoms with Gasteiger partial charge in [0.2, 0.25) is 0 Å². The van der Waals surface area contributed by atoms with E-state index in [4.69, 9.17) is 9.47 Å². The van der Waals surface area contributed by atoms with Gasteiger partial charge in [0.1, 0.15) is 0 Å². The van der Waals surface area contributed by atoms with Gasteiger partial charge in [-0.15, -0.1) is 0 Å². The van der Waals surface area contributed by atoms with Crippen LogP contribution in [0.5, 0.6) is 0 Å². The summed E-state index contributed by atoms with van der Waals surface area (Å²) in [6, 6.07) is 0. The third-order valence-corrected chi connectivity index (χ3v) is 1.35. The van der Waals surface area contributed by atoms with E-state index in [1.807, 2.05) is 13.8 Å². The fourth-order valence-corrected chi connectivity index (χ4v) is 0.768. The first-order valence-electron chi connectivity index (χ1n) is 4.54. The number of hydrogen-bond acceptors (Lipinski definition) is 3. The first-order chi connectivity index (χ1) is 5.81. The highest BCUT2D eigenvalue weighted by atomic mass is 16.5. The maximum absolute atomic E-state index is 10.8. The Balaban J connectivity index is 3.03. The summed E-state index contributed by atoms with van der Waals surface area (Å²) >= 11 is 0. The van der Waals surface area contributed by atoms with Crippen LogP contribution in [0.1, 0.15) is 33.1 Å². The van der Waals surface area contributed by atoms with Gasteiger partial charge in [-0.3, -0.25) is 4.79 Å². The van der Waals surface area contributed by atoms with Crippen LogP contribution in [0.25, 0.3) is 0 Å². The van der Waals surface area contributed by atoms with Gasteiger partial charge in [-0.1, -0.05) is 6.92 Å². The van der Waals surface area contributed by atoms with Crippen molar-refractivity contribution >= 4 is 5.97 Å². The predicted molar refractivity (Wildman–Crippen MR) is 47.0 cm³/mol. The largest absolute Gasteiger partial charge is 0.466 e. The van der Waals surface area contributed by atoms with Crippen molar-refractivity contribution in [2.45, 2.75) is 33.1 Å². The molecular formula is C9H18O3. The fraction of sp³-hybridized carbons (Fsp3) is 0.889. The molecule has 0 saturated carbocycles. The summed E-state index contributed by atoms with van der Waals surface area (Å²) in [6.07, 6.45) is 2.17. The topological polar surface area (TPSA) is 35.5 Å². The molecule has 0 amide bonds. The van der Waals surface area contributed by atoms with Gasteiger partial charge < -0.3 is 9.47 Å². The average molecular weight is 174 g/mol. The Hall–Kier alpha value is -0.570. The van der Waals surface area contributed by atoms with Gasteiger partial charge in [-0.05, 0) is 13.3 Å². The molecule has 0 aromatic rings. The Morgan fingerprint density at radius 1 is 1.25 bits per heavy atom. The summed E-state index contributed by atoms with van der Waals surface area (Å²) in [6.45, 7) is 5.79. The van der Waals surface area contributed by atoms with Crippen LogP contribution >= 0.6 is 0 Å². The molecule has 0 rings (SSSR count). The molecule has 0 aromatic carbocycles. The van der Waals surface area contributed by atoms with E-state index in [9.17, 15) is 4.79 Å². The minimum absolute atomic E-state index is 0.103. The Kier molecular flexibility index (Phi) is 8.12. The van der Waals surface area contributed by atoms with Gasteiger partial charge in [-0.25, -0.2) is 0 Å². The lowest BCUT2D eigenvalue weighted by Gasteiger charge is -2.03. The van der Waals surface area contributed by atoms with E-state index in [1.165, 1.54) is 0 Å². The number of carbonyl (C=O) groups is 1. The monoisotopic (exact) mass is 174 g/mol. The molecule has 0 N–H and O–H groups in total. The molecule has 0 fully saturated rings. The van der Waals surface area contributed by atoms with E-state index in [0.717, 1.165) is 19.4 Å². The van der Waals surface area contributed by atoms with Gasteiger partial charge in [0.05, 0.1) is 6.61 Å². The molecule has 12 heavy (non-hydrogen) atoms. The highest BCUT2D eigenvalue weighted by Crippen LogP contribution is 1.92. The van der Waals surface area contributed by atoms with E-state index in [2.05, 4.69) is 0 Å². The molecule has 72 valence electrons. The van der Waals surface area contributed by atoms with Crippen molar-refractivity contribution in [1.82, 2.24) is 0 Å². The third kappa shape index (κ3) is 7.54. The molecule has 0 bridgehead atoms. The van der Waals surface area contributed by atoms with Gasteiger partial charge in [0, 0.05) is 26.1 Å². The zero-order valence-electron chi connectivity index (χ0n) is 7.97. The summed E-state index contributed by atoms with van der Waals surface area (Å²) in [5.41, 5.74) is 0. The van der Waals surface area contributed by atoms with Crippen molar-refractivity contribution in [1.29, 1.82) is 0 Å². The summed E-state index contributed by atoms with van der Waals surface area (Å²) in [5.74, 6) is -0.103. The van der Waals surface area contributed by atoms with Gasteiger partial charge >= 0.3 is 5.97 Å². The fourth-order valence-electron chi connectivity index (χ4n) is 0.768. The van der Waals surface area contributed by atoms with E-state index in [1.54, 1.807) is 0 Å². The van der Waals surface area contributed by atoms with Crippen molar-refractivity contribution in [3.05, 3.63) is 0 Å². The van der Waals surface area contributed by atoms with Crippen LogP contribution in [0.15, 0.2) is 0 Å². The second kappa shape index (κ2) is 8.53. The predicted octanol–water partition coefficient (Wildman–Crippen LogP) is 1.76. The van der Waals surface area contributed by atoms with Crippen molar-refractivity contribution in [2.24, 2.45) is 0 Å². The van der Waals surface area contributed by atoms with Crippen molar-refractivity contribution in [3.8, 4) is 0 Å². The second-order valence-corrected chi connectivity index (χ2v) is 2.52. The molecule has 0 atom stereocenters. The number of hydrogen-bond donors (Lipinski definition) is 0. The summed E-state index contributed by atoms with van der Waals surface area (Å²) in [5, 5.41) is 0. The van der Waals surface area contributed by atoms with E-state index in [-0.39, 0.29) is 5.97 Å². The standard InChI is InChI=1S/C9H18O3/c1-3-6-9(10)12-8-5-7-11-4-2/h3-8H2,1-2H3. The van der Waals surface area contributed by atoms with E-state index < -0.39 is 0 Å². The molecule has 0 aliphatic carbocycles. The Labute approximate surface area is 74.0 Å². The zero-order valence-corrected chi connectivity index (χ0v) is 7.97. The van der Waals surface area contributed by atoms with Gasteiger partial charge in [0.15, 0.2) is 0 Å². The summed E-state index contributed by atoms with van der Waals surface area (Å²) in [7, 11) is 0. The molecule has 0 aliphatic heterocycles. The number of carbonyl (C=O) groups excluding carboxylic acids is 1. The molecule has 0 spiro atoms. The molecule has 0 radical (unpaired) electrons. The molecule has 0 aromatic heterocycles. The van der Waals surface area contributed by atoms with Crippen molar-refractivity contribution in [3.63, 3.8) is 0 Å². The SMILES string of the molecule is CCCC(=O)OCCCOCC. The second-order valence-electron chi connectivity index (χ2n) is 2.52. The highest BCUT2D eigenvalue weighted by molar-refractivity contribution is 5.69. The van der Waals surface area contributed by atoms with Crippen LogP contribution in [-0.4, -0.2) is 25.8 Å². The van der Waals surface area contributed by atoms with Crippen LogP contribution < -0.4 is 0 Å². The Morgan fingerprint density at radius 2 is 2.00 bits per heavy atom. The molecule has 0 unspecified atom stereocenters. The lowest BCUT2D eigenvalue weighted by molar-refractivity contribution is -0.144. The van der Waals surface area contributed by atoms with Gasteiger partial charge in [0.25, 0.3) is 0 Å². The van der Waals surface area contributed by atoms with Crippen LogP contribution in [-0.2, 0) is 14.3 Å². The number of ether oxygens (including phenoxy) is 2. The van der Waals surface area contributed by atoms with Crippen molar-refractivity contribution in [2.75, 3.05) is 19.8 Å². The smallest absolute Gasteiger partial charge is 0.305 e. The average Bonchev–Trinajstić information content (AvgIpc) is 2.05. The first-order valence-corrected chi connectivity index (χ1v) is 4.54. The van der Waals surface area contributed by atoms with Crippen LogP contribution in [0, 0.1) is 0 Å². The van der Waals surface area contributed by atoms with E-state index in [0.29, 0.717) is 19.6 Å². The lowest BCUT2D eigenvalue weighted by Crippen LogP contribution is -2.07. The maximum Gasteiger partial charge on any atom is 0.305 e. The molecule has 0 heterocycles.